The zero-order valence-electron chi connectivity index (χ0n) is 7.00. The van der Waals surface area contributed by atoms with Crippen LogP contribution < -0.4 is 5.32 Å². The molecule has 0 aromatic heterocycles. The fraction of sp³-hybridized carbons (Fsp3) is 0.625. The Labute approximate surface area is 73.5 Å². The van der Waals surface area contributed by atoms with Crippen molar-refractivity contribution in [2.75, 3.05) is 6.54 Å². The van der Waals surface area contributed by atoms with Gasteiger partial charge in [0.2, 0.25) is 5.91 Å². The van der Waals surface area contributed by atoms with E-state index in [4.69, 9.17) is 0 Å². The lowest BCUT2D eigenvalue weighted by Gasteiger charge is -2.13. The molecule has 1 N–H and O–H groups in total. The highest BCUT2D eigenvalue weighted by molar-refractivity contribution is 7.81. The Morgan fingerprint density at radius 2 is 2.27 bits per heavy atom. The number of carbonyl (C=O) groups is 1. The van der Waals surface area contributed by atoms with Crippen LogP contribution in [0, 0.1) is 5.92 Å². The highest BCUT2D eigenvalue weighted by Crippen LogP contribution is 2.07. The van der Waals surface area contributed by atoms with Crippen molar-refractivity contribution in [3.63, 3.8) is 0 Å². The van der Waals surface area contributed by atoms with Gasteiger partial charge in [-0.1, -0.05) is 19.9 Å². The first-order valence-electron chi connectivity index (χ1n) is 3.66. The predicted molar refractivity (Wildman–Crippen MR) is 50.8 cm³/mol. The Morgan fingerprint density at radius 1 is 1.73 bits per heavy atom. The summed E-state index contributed by atoms with van der Waals surface area (Å²) in [6.45, 7) is 7.94. The molecule has 0 saturated carbocycles. The van der Waals surface area contributed by atoms with E-state index in [1.54, 1.807) is 6.08 Å². The van der Waals surface area contributed by atoms with Crippen molar-refractivity contribution in [1.29, 1.82) is 0 Å². The number of amides is 1. The number of hydrogen-bond acceptors (Lipinski definition) is 2. The maximum atomic E-state index is 11.1. The van der Waals surface area contributed by atoms with Crippen LogP contribution >= 0.6 is 12.6 Å². The summed E-state index contributed by atoms with van der Waals surface area (Å²) in [5.74, 6) is 0.242. The van der Waals surface area contributed by atoms with Crippen LogP contribution in [0.25, 0.3) is 0 Å². The quantitative estimate of drug-likeness (QED) is 0.486. The van der Waals surface area contributed by atoms with E-state index in [1.807, 2.05) is 13.8 Å². The summed E-state index contributed by atoms with van der Waals surface area (Å²) in [4.78, 5) is 11.1. The number of rotatable bonds is 4. The Kier molecular flexibility index (Phi) is 5.03. The van der Waals surface area contributed by atoms with E-state index in [9.17, 15) is 4.79 Å². The third-order valence-corrected chi connectivity index (χ3v) is 2.15. The fourth-order valence-corrected chi connectivity index (χ4v) is 0.671. The van der Waals surface area contributed by atoms with Crippen molar-refractivity contribution in [3.05, 3.63) is 12.7 Å². The van der Waals surface area contributed by atoms with Gasteiger partial charge in [0.15, 0.2) is 0 Å². The van der Waals surface area contributed by atoms with Gasteiger partial charge in [-0.3, -0.25) is 4.79 Å². The molecule has 3 heteroatoms. The highest BCUT2D eigenvalue weighted by atomic mass is 32.1. The SMILES string of the molecule is C=CCNC(=O)C(S)C(C)C. The zero-order valence-corrected chi connectivity index (χ0v) is 7.90. The van der Waals surface area contributed by atoms with E-state index in [-0.39, 0.29) is 17.1 Å². The molecule has 0 radical (unpaired) electrons. The molecule has 0 bridgehead atoms. The molecule has 1 amide bonds. The first kappa shape index (κ1) is 10.6. The molecule has 1 unspecified atom stereocenters. The van der Waals surface area contributed by atoms with Crippen LogP contribution in [-0.4, -0.2) is 17.7 Å². The Balaban J connectivity index is 3.73. The lowest BCUT2D eigenvalue weighted by atomic mass is 10.1. The first-order valence-corrected chi connectivity index (χ1v) is 4.18. The molecule has 11 heavy (non-hydrogen) atoms. The predicted octanol–water partition coefficient (Wildman–Crippen LogP) is 1.24. The second kappa shape index (κ2) is 5.24. The summed E-state index contributed by atoms with van der Waals surface area (Å²) >= 11 is 4.15. The molecule has 0 heterocycles. The van der Waals surface area contributed by atoms with Gasteiger partial charge in [-0.25, -0.2) is 0 Å². The molecule has 0 saturated heterocycles. The minimum Gasteiger partial charge on any atom is -0.352 e. The number of thiol groups is 1. The molecule has 2 nitrogen and oxygen atoms in total. The zero-order chi connectivity index (χ0) is 8.85. The Hall–Kier alpha value is -0.440. The molecule has 0 aromatic carbocycles. The minimum atomic E-state index is -0.213. The lowest BCUT2D eigenvalue weighted by molar-refractivity contribution is -0.120. The highest BCUT2D eigenvalue weighted by Gasteiger charge is 2.15. The molecule has 0 fully saturated rings. The monoisotopic (exact) mass is 173 g/mol. The van der Waals surface area contributed by atoms with Crippen LogP contribution in [0.5, 0.6) is 0 Å². The lowest BCUT2D eigenvalue weighted by Crippen LogP contribution is -2.34. The van der Waals surface area contributed by atoms with Crippen molar-refractivity contribution in [1.82, 2.24) is 5.32 Å². The van der Waals surface area contributed by atoms with E-state index in [0.29, 0.717) is 6.54 Å². The van der Waals surface area contributed by atoms with Gasteiger partial charge in [0, 0.05) is 6.54 Å². The van der Waals surface area contributed by atoms with Gasteiger partial charge in [-0.05, 0) is 5.92 Å². The Bertz CT molecular complexity index is 145. The van der Waals surface area contributed by atoms with Crippen molar-refractivity contribution < 1.29 is 4.79 Å². The van der Waals surface area contributed by atoms with E-state index >= 15 is 0 Å². The summed E-state index contributed by atoms with van der Waals surface area (Å²) in [6.07, 6.45) is 1.65. The van der Waals surface area contributed by atoms with E-state index in [0.717, 1.165) is 0 Å². The average molecular weight is 173 g/mol. The van der Waals surface area contributed by atoms with Crippen molar-refractivity contribution in [2.45, 2.75) is 19.1 Å². The maximum absolute atomic E-state index is 11.1. The molecule has 0 aliphatic heterocycles. The van der Waals surface area contributed by atoms with Crippen LogP contribution in [0.1, 0.15) is 13.8 Å². The van der Waals surface area contributed by atoms with Gasteiger partial charge < -0.3 is 5.32 Å². The summed E-state index contributed by atoms with van der Waals surface area (Å²) < 4.78 is 0. The first-order chi connectivity index (χ1) is 5.09. The third-order valence-electron chi connectivity index (χ3n) is 1.32. The summed E-state index contributed by atoms with van der Waals surface area (Å²) in [5.41, 5.74) is 0. The fourth-order valence-electron chi connectivity index (χ4n) is 0.580. The number of carbonyl (C=O) groups excluding carboxylic acids is 1. The maximum Gasteiger partial charge on any atom is 0.233 e. The van der Waals surface area contributed by atoms with Gasteiger partial charge >= 0.3 is 0 Å². The normalized spacial score (nSPS) is 12.7. The van der Waals surface area contributed by atoms with E-state index in [1.165, 1.54) is 0 Å². The molecular formula is C8H15NOS. The number of hydrogen-bond donors (Lipinski definition) is 2. The Morgan fingerprint density at radius 3 is 2.64 bits per heavy atom. The molecule has 0 aromatic rings. The van der Waals surface area contributed by atoms with Gasteiger partial charge in [0.05, 0.1) is 5.25 Å². The van der Waals surface area contributed by atoms with E-state index < -0.39 is 0 Å². The van der Waals surface area contributed by atoms with Crippen molar-refractivity contribution in [3.8, 4) is 0 Å². The second-order valence-electron chi connectivity index (χ2n) is 2.72. The van der Waals surface area contributed by atoms with Crippen LogP contribution in [0.4, 0.5) is 0 Å². The van der Waals surface area contributed by atoms with Gasteiger partial charge in [0.25, 0.3) is 0 Å². The standard InChI is InChI=1S/C8H15NOS/c1-4-5-9-8(10)7(11)6(2)3/h4,6-7,11H,1,5H2,2-3H3,(H,9,10). The van der Waals surface area contributed by atoms with E-state index in [2.05, 4.69) is 24.5 Å². The molecule has 0 aliphatic rings. The number of nitrogens with one attached hydrogen (secondary N) is 1. The summed E-state index contributed by atoms with van der Waals surface area (Å²) in [7, 11) is 0. The molecular weight excluding hydrogens is 158 g/mol. The molecule has 0 aliphatic carbocycles. The smallest absolute Gasteiger partial charge is 0.233 e. The molecule has 1 atom stereocenters. The van der Waals surface area contributed by atoms with Gasteiger partial charge in [0.1, 0.15) is 0 Å². The van der Waals surface area contributed by atoms with Crippen molar-refractivity contribution in [2.24, 2.45) is 5.92 Å². The van der Waals surface area contributed by atoms with Gasteiger partial charge in [-0.15, -0.1) is 6.58 Å². The average Bonchev–Trinajstić information content (AvgIpc) is 1.98. The largest absolute Gasteiger partial charge is 0.352 e. The molecule has 0 rings (SSSR count). The van der Waals surface area contributed by atoms with Crippen LogP contribution in [0.3, 0.4) is 0 Å². The summed E-state index contributed by atoms with van der Waals surface area (Å²) in [5, 5.41) is 2.47. The minimum absolute atomic E-state index is 0.0248. The molecule has 64 valence electrons. The van der Waals surface area contributed by atoms with Crippen LogP contribution in [0.2, 0.25) is 0 Å². The summed E-state index contributed by atoms with van der Waals surface area (Å²) in [6, 6.07) is 0. The second-order valence-corrected chi connectivity index (χ2v) is 3.28. The van der Waals surface area contributed by atoms with Crippen LogP contribution in [0.15, 0.2) is 12.7 Å². The topological polar surface area (TPSA) is 29.1 Å². The van der Waals surface area contributed by atoms with Crippen molar-refractivity contribution >= 4 is 18.5 Å². The molecule has 0 spiro atoms. The third kappa shape index (κ3) is 4.09. The van der Waals surface area contributed by atoms with Crippen LogP contribution in [-0.2, 0) is 4.79 Å². The van der Waals surface area contributed by atoms with Gasteiger partial charge in [-0.2, -0.15) is 12.6 Å².